The van der Waals surface area contributed by atoms with E-state index in [4.69, 9.17) is 10.5 Å². The molecule has 2 N–H and O–H groups in total. The number of nitrogens with zero attached hydrogens (tertiary/aromatic N) is 1. The molecule has 0 saturated heterocycles. The maximum absolute atomic E-state index is 13.5. The maximum atomic E-state index is 13.5. The van der Waals surface area contributed by atoms with Crippen molar-refractivity contribution in [1.29, 1.82) is 0 Å². The molecule has 2 aromatic carbocycles. The average Bonchev–Trinajstić information content (AvgIpc) is 2.38. The number of nitro benzene ring substituents is 1. The largest absolute Gasteiger partial charge is 0.457 e. The van der Waals surface area contributed by atoms with Gasteiger partial charge in [0.05, 0.1) is 4.92 Å². The third-order valence-electron chi connectivity index (χ3n) is 2.62. The van der Waals surface area contributed by atoms with Crippen molar-refractivity contribution in [2.75, 3.05) is 0 Å². The fraction of sp³-hybridized carbons (Fsp3) is 0.0769. The van der Waals surface area contributed by atoms with Gasteiger partial charge < -0.3 is 10.5 Å². The lowest BCUT2D eigenvalue weighted by atomic mass is 10.2. The molecule has 0 radical (unpaired) electrons. The monoisotopic (exact) mass is 280 g/mol. The van der Waals surface area contributed by atoms with Crippen LogP contribution in [0.3, 0.4) is 0 Å². The van der Waals surface area contributed by atoms with Crippen LogP contribution < -0.4 is 10.5 Å². The number of hydrogen-bond donors (Lipinski definition) is 1. The molecule has 0 aliphatic heterocycles. The third-order valence-corrected chi connectivity index (χ3v) is 2.62. The fourth-order valence-corrected chi connectivity index (χ4v) is 1.66. The summed E-state index contributed by atoms with van der Waals surface area (Å²) in [5.74, 6) is -1.40. The fourth-order valence-electron chi connectivity index (χ4n) is 1.66. The van der Waals surface area contributed by atoms with Crippen LogP contribution in [0.1, 0.15) is 5.56 Å². The highest BCUT2D eigenvalue weighted by Gasteiger charge is 2.15. The summed E-state index contributed by atoms with van der Waals surface area (Å²) in [4.78, 5) is 9.65. The first kappa shape index (κ1) is 13.9. The van der Waals surface area contributed by atoms with Crippen LogP contribution in [0, 0.1) is 21.7 Å². The maximum Gasteiger partial charge on any atom is 0.305 e. The number of halogens is 2. The summed E-state index contributed by atoms with van der Waals surface area (Å²) >= 11 is 0. The Morgan fingerprint density at radius 1 is 1.20 bits per heavy atom. The van der Waals surface area contributed by atoms with E-state index in [0.717, 1.165) is 12.1 Å². The van der Waals surface area contributed by atoms with Crippen molar-refractivity contribution in [2.45, 2.75) is 6.54 Å². The molecular formula is C13H10F2N2O3. The first-order chi connectivity index (χ1) is 9.52. The number of hydrogen-bond acceptors (Lipinski definition) is 4. The van der Waals surface area contributed by atoms with Crippen LogP contribution in [0.25, 0.3) is 0 Å². The van der Waals surface area contributed by atoms with Gasteiger partial charge in [0.15, 0.2) is 0 Å². The number of rotatable bonds is 4. The van der Waals surface area contributed by atoms with Crippen LogP contribution in [0.2, 0.25) is 0 Å². The number of benzene rings is 2. The zero-order valence-electron chi connectivity index (χ0n) is 10.2. The molecule has 0 spiro atoms. The topological polar surface area (TPSA) is 78.4 Å². The van der Waals surface area contributed by atoms with Gasteiger partial charge >= 0.3 is 5.69 Å². The van der Waals surface area contributed by atoms with Gasteiger partial charge in [-0.1, -0.05) is 6.07 Å². The van der Waals surface area contributed by atoms with Gasteiger partial charge in [0.1, 0.15) is 17.3 Å². The summed E-state index contributed by atoms with van der Waals surface area (Å²) in [5, 5.41) is 10.5. The van der Waals surface area contributed by atoms with Crippen molar-refractivity contribution in [3.63, 3.8) is 0 Å². The minimum atomic E-state index is -1.03. The van der Waals surface area contributed by atoms with E-state index >= 15 is 0 Å². The van der Waals surface area contributed by atoms with Gasteiger partial charge in [-0.25, -0.2) is 4.39 Å². The van der Waals surface area contributed by atoms with E-state index < -0.39 is 22.2 Å². The van der Waals surface area contributed by atoms with Gasteiger partial charge in [-0.15, -0.1) is 0 Å². The Kier molecular flexibility index (Phi) is 3.90. The molecule has 0 atom stereocenters. The lowest BCUT2D eigenvalue weighted by Gasteiger charge is -2.10. The standard InChI is InChI=1S/C13H10F2N2O3/c14-10-2-1-3-13(9(10)7-16)20-8-4-5-12(17(18)19)11(15)6-8/h1-6H,7,16H2. The molecule has 0 saturated carbocycles. The molecule has 0 heterocycles. The van der Waals surface area contributed by atoms with Gasteiger partial charge in [0, 0.05) is 24.2 Å². The summed E-state index contributed by atoms with van der Waals surface area (Å²) in [7, 11) is 0. The van der Waals surface area contributed by atoms with Gasteiger partial charge in [0.25, 0.3) is 0 Å². The van der Waals surface area contributed by atoms with E-state index in [2.05, 4.69) is 0 Å². The Hall–Kier alpha value is -2.54. The van der Waals surface area contributed by atoms with Crippen molar-refractivity contribution in [2.24, 2.45) is 5.73 Å². The molecule has 0 aliphatic rings. The summed E-state index contributed by atoms with van der Waals surface area (Å²) in [5.41, 5.74) is 4.90. The Balaban J connectivity index is 2.34. The molecule has 2 aromatic rings. The van der Waals surface area contributed by atoms with Crippen LogP contribution in [0.5, 0.6) is 11.5 Å². The van der Waals surface area contributed by atoms with Gasteiger partial charge in [-0.2, -0.15) is 4.39 Å². The van der Waals surface area contributed by atoms with Gasteiger partial charge in [0.2, 0.25) is 5.82 Å². The molecule has 0 aromatic heterocycles. The minimum absolute atomic E-state index is 0.0217. The molecule has 2 rings (SSSR count). The molecule has 20 heavy (non-hydrogen) atoms. The molecular weight excluding hydrogens is 270 g/mol. The summed E-state index contributed by atoms with van der Waals surface area (Å²) in [6.45, 7) is -0.0858. The van der Waals surface area contributed by atoms with Crippen LogP contribution in [0.4, 0.5) is 14.5 Å². The zero-order chi connectivity index (χ0) is 14.7. The van der Waals surface area contributed by atoms with E-state index in [1.807, 2.05) is 0 Å². The van der Waals surface area contributed by atoms with Crippen LogP contribution in [0.15, 0.2) is 36.4 Å². The molecule has 0 bridgehead atoms. The molecule has 0 amide bonds. The third kappa shape index (κ3) is 2.72. The van der Waals surface area contributed by atoms with Crippen molar-refractivity contribution in [3.8, 4) is 11.5 Å². The van der Waals surface area contributed by atoms with Crippen molar-refractivity contribution in [1.82, 2.24) is 0 Å². The highest BCUT2D eigenvalue weighted by Crippen LogP contribution is 2.29. The summed E-state index contributed by atoms with van der Waals surface area (Å²) < 4.78 is 32.2. The van der Waals surface area contributed by atoms with E-state index in [9.17, 15) is 18.9 Å². The van der Waals surface area contributed by atoms with Crippen molar-refractivity contribution in [3.05, 3.63) is 63.7 Å². The SMILES string of the molecule is NCc1c(F)cccc1Oc1ccc([N+](=O)[O-])c(F)c1. The molecule has 7 heteroatoms. The first-order valence-corrected chi connectivity index (χ1v) is 5.62. The van der Waals surface area contributed by atoms with E-state index in [0.29, 0.717) is 0 Å². The number of ether oxygens (including phenoxy) is 1. The molecule has 5 nitrogen and oxygen atoms in total. The molecule has 104 valence electrons. The Bertz CT molecular complexity index is 662. The number of nitrogens with two attached hydrogens (primary N) is 1. The summed E-state index contributed by atoms with van der Waals surface area (Å²) in [6, 6.07) is 7.20. The predicted octanol–water partition coefficient (Wildman–Crippen LogP) is 3.12. The van der Waals surface area contributed by atoms with Gasteiger partial charge in [-0.3, -0.25) is 10.1 Å². The second-order valence-electron chi connectivity index (χ2n) is 3.89. The lowest BCUT2D eigenvalue weighted by molar-refractivity contribution is -0.387. The molecule has 0 unspecified atom stereocenters. The molecule has 0 aliphatic carbocycles. The van der Waals surface area contributed by atoms with Crippen molar-refractivity contribution >= 4 is 5.69 Å². The van der Waals surface area contributed by atoms with E-state index in [-0.39, 0.29) is 23.6 Å². The van der Waals surface area contributed by atoms with Crippen LogP contribution in [-0.4, -0.2) is 4.92 Å². The highest BCUT2D eigenvalue weighted by molar-refractivity contribution is 5.42. The average molecular weight is 280 g/mol. The van der Waals surface area contributed by atoms with Crippen LogP contribution >= 0.6 is 0 Å². The second kappa shape index (κ2) is 5.62. The minimum Gasteiger partial charge on any atom is -0.457 e. The normalized spacial score (nSPS) is 10.3. The Labute approximate surface area is 112 Å². The highest BCUT2D eigenvalue weighted by atomic mass is 19.1. The second-order valence-corrected chi connectivity index (χ2v) is 3.89. The zero-order valence-corrected chi connectivity index (χ0v) is 10.2. The predicted molar refractivity (Wildman–Crippen MR) is 67.4 cm³/mol. The number of nitro groups is 1. The Morgan fingerprint density at radius 2 is 1.95 bits per heavy atom. The lowest BCUT2D eigenvalue weighted by Crippen LogP contribution is -2.02. The first-order valence-electron chi connectivity index (χ1n) is 5.62. The van der Waals surface area contributed by atoms with Crippen molar-refractivity contribution < 1.29 is 18.4 Å². The van der Waals surface area contributed by atoms with E-state index in [1.54, 1.807) is 0 Å². The summed E-state index contributed by atoms with van der Waals surface area (Å²) in [6.07, 6.45) is 0. The van der Waals surface area contributed by atoms with Crippen LogP contribution in [-0.2, 0) is 6.54 Å². The smallest absolute Gasteiger partial charge is 0.305 e. The quantitative estimate of drug-likeness (QED) is 0.689. The van der Waals surface area contributed by atoms with E-state index in [1.165, 1.54) is 24.3 Å². The van der Waals surface area contributed by atoms with Gasteiger partial charge in [-0.05, 0) is 18.2 Å². The molecule has 0 fully saturated rings. The Morgan fingerprint density at radius 3 is 2.55 bits per heavy atom.